The summed E-state index contributed by atoms with van der Waals surface area (Å²) in [6.07, 6.45) is 0.729. The molecule has 0 aromatic heterocycles. The monoisotopic (exact) mass is 310 g/mol. The summed E-state index contributed by atoms with van der Waals surface area (Å²) in [6, 6.07) is 5.70. The normalized spacial score (nSPS) is 11.7. The molecule has 1 aromatic carbocycles. The van der Waals surface area contributed by atoms with Crippen LogP contribution in [0.25, 0.3) is 0 Å². The molecule has 1 unspecified atom stereocenters. The number of aromatic carboxylic acids is 1. The molecule has 0 aliphatic carbocycles. The van der Waals surface area contributed by atoms with Crippen molar-refractivity contribution in [3.8, 4) is 0 Å². The molecule has 1 atom stereocenters. The van der Waals surface area contributed by atoms with E-state index in [1.807, 2.05) is 0 Å². The van der Waals surface area contributed by atoms with Gasteiger partial charge in [0.2, 0.25) is 0 Å². The summed E-state index contributed by atoms with van der Waals surface area (Å²) in [5.74, 6) is -3.67. The van der Waals surface area contributed by atoms with E-state index >= 15 is 0 Å². The first kappa shape index (κ1) is 17.6. The molecule has 0 fully saturated rings. The average Bonchev–Trinajstić information content (AvgIpc) is 2.49. The van der Waals surface area contributed by atoms with E-state index in [9.17, 15) is 14.4 Å². The van der Waals surface area contributed by atoms with Gasteiger partial charge in [-0.05, 0) is 31.4 Å². The van der Waals surface area contributed by atoms with Gasteiger partial charge in [-0.15, -0.1) is 0 Å². The van der Waals surface area contributed by atoms with Crippen LogP contribution in [-0.4, -0.2) is 46.4 Å². The minimum Gasteiger partial charge on any atom is -0.481 e. The van der Waals surface area contributed by atoms with Crippen LogP contribution in [0.2, 0.25) is 0 Å². The standard InChI is InChI=1S/C15H18O7/c16-8-7-10(13(17)18)4-3-9-22-15(21)12-6-2-1-5-11(12)14(19)20/h1-2,5-6,10,16H,3-4,7-9H2,(H,17,18)(H,19,20). The van der Waals surface area contributed by atoms with Gasteiger partial charge in [-0.25, -0.2) is 9.59 Å². The molecule has 0 aliphatic rings. The smallest absolute Gasteiger partial charge is 0.339 e. The van der Waals surface area contributed by atoms with Crippen molar-refractivity contribution in [2.75, 3.05) is 13.2 Å². The highest BCUT2D eigenvalue weighted by Gasteiger charge is 2.18. The van der Waals surface area contributed by atoms with Crippen LogP contribution in [0.3, 0.4) is 0 Å². The second-order valence-corrected chi connectivity index (χ2v) is 4.68. The van der Waals surface area contributed by atoms with E-state index in [0.717, 1.165) is 0 Å². The number of carboxylic acid groups (broad SMARTS) is 2. The maximum atomic E-state index is 11.8. The molecule has 7 heteroatoms. The van der Waals surface area contributed by atoms with E-state index in [1.54, 1.807) is 0 Å². The van der Waals surface area contributed by atoms with E-state index in [2.05, 4.69) is 0 Å². The van der Waals surface area contributed by atoms with Crippen molar-refractivity contribution >= 4 is 17.9 Å². The molecule has 0 heterocycles. The number of carbonyl (C=O) groups excluding carboxylic acids is 1. The summed E-state index contributed by atoms with van der Waals surface area (Å²) >= 11 is 0. The van der Waals surface area contributed by atoms with Gasteiger partial charge < -0.3 is 20.1 Å². The lowest BCUT2D eigenvalue weighted by Crippen LogP contribution is -2.17. The molecular weight excluding hydrogens is 292 g/mol. The number of carboxylic acids is 2. The summed E-state index contributed by atoms with van der Waals surface area (Å²) in [6.45, 7) is -0.231. The number of aliphatic hydroxyl groups is 1. The minimum atomic E-state index is -1.22. The van der Waals surface area contributed by atoms with Gasteiger partial charge in [0.25, 0.3) is 0 Å². The van der Waals surface area contributed by atoms with Gasteiger partial charge in [-0.2, -0.15) is 0 Å². The summed E-state index contributed by atoms with van der Waals surface area (Å²) in [5, 5.41) is 26.6. The Kier molecular flexibility index (Phi) is 7.04. The van der Waals surface area contributed by atoms with Gasteiger partial charge in [0.1, 0.15) is 0 Å². The van der Waals surface area contributed by atoms with Crippen LogP contribution in [0.1, 0.15) is 40.0 Å². The SMILES string of the molecule is O=C(O)c1ccccc1C(=O)OCCCC(CCO)C(=O)O. The maximum absolute atomic E-state index is 11.8. The zero-order valence-electron chi connectivity index (χ0n) is 11.9. The Hall–Kier alpha value is -2.41. The van der Waals surface area contributed by atoms with Crippen LogP contribution in [0.5, 0.6) is 0 Å². The molecule has 1 rings (SSSR count). The highest BCUT2D eigenvalue weighted by Crippen LogP contribution is 2.13. The van der Waals surface area contributed by atoms with Crippen molar-refractivity contribution in [1.29, 1.82) is 0 Å². The summed E-state index contributed by atoms with van der Waals surface area (Å²) in [5.41, 5.74) is -0.184. The number of aliphatic hydroxyl groups excluding tert-OH is 1. The van der Waals surface area contributed by atoms with Crippen molar-refractivity contribution in [3.05, 3.63) is 35.4 Å². The lowest BCUT2D eigenvalue weighted by molar-refractivity contribution is -0.142. The molecular formula is C15H18O7. The lowest BCUT2D eigenvalue weighted by atomic mass is 10.0. The predicted molar refractivity (Wildman–Crippen MR) is 75.7 cm³/mol. The predicted octanol–water partition coefficient (Wildman–Crippen LogP) is 1.41. The van der Waals surface area contributed by atoms with Crippen molar-refractivity contribution < 1.29 is 34.4 Å². The highest BCUT2D eigenvalue weighted by molar-refractivity contribution is 6.02. The zero-order valence-corrected chi connectivity index (χ0v) is 11.9. The number of rotatable bonds is 9. The molecule has 0 spiro atoms. The summed E-state index contributed by atoms with van der Waals surface area (Å²) in [4.78, 5) is 33.7. The van der Waals surface area contributed by atoms with Crippen LogP contribution in [0, 0.1) is 5.92 Å². The fourth-order valence-electron chi connectivity index (χ4n) is 1.97. The summed E-state index contributed by atoms with van der Waals surface area (Å²) in [7, 11) is 0. The average molecular weight is 310 g/mol. The van der Waals surface area contributed by atoms with Crippen LogP contribution in [0.4, 0.5) is 0 Å². The van der Waals surface area contributed by atoms with Gasteiger partial charge in [0, 0.05) is 6.61 Å². The van der Waals surface area contributed by atoms with Crippen LogP contribution >= 0.6 is 0 Å². The number of carbonyl (C=O) groups is 3. The topological polar surface area (TPSA) is 121 Å². The maximum Gasteiger partial charge on any atom is 0.339 e. The molecule has 22 heavy (non-hydrogen) atoms. The first-order valence-electron chi connectivity index (χ1n) is 6.80. The molecule has 3 N–H and O–H groups in total. The van der Waals surface area contributed by atoms with Gasteiger partial charge in [0.15, 0.2) is 0 Å². The minimum absolute atomic E-state index is 0.0119. The number of esters is 1. The largest absolute Gasteiger partial charge is 0.481 e. The van der Waals surface area contributed by atoms with E-state index < -0.39 is 23.8 Å². The van der Waals surface area contributed by atoms with E-state index in [1.165, 1.54) is 24.3 Å². The molecule has 120 valence electrons. The van der Waals surface area contributed by atoms with Crippen molar-refractivity contribution in [1.82, 2.24) is 0 Å². The number of aliphatic carboxylic acids is 1. The fourth-order valence-corrected chi connectivity index (χ4v) is 1.97. The van der Waals surface area contributed by atoms with Crippen molar-refractivity contribution in [3.63, 3.8) is 0 Å². The van der Waals surface area contributed by atoms with E-state index in [4.69, 9.17) is 20.1 Å². The molecule has 0 bridgehead atoms. The third-order valence-electron chi connectivity index (χ3n) is 3.13. The van der Waals surface area contributed by atoms with E-state index in [0.29, 0.717) is 6.42 Å². The van der Waals surface area contributed by atoms with Crippen LogP contribution in [0.15, 0.2) is 24.3 Å². The second-order valence-electron chi connectivity index (χ2n) is 4.68. The molecule has 0 radical (unpaired) electrons. The fraction of sp³-hybridized carbons (Fsp3) is 0.400. The van der Waals surface area contributed by atoms with Crippen LogP contribution < -0.4 is 0 Å². The third-order valence-corrected chi connectivity index (χ3v) is 3.13. The molecule has 0 aliphatic heterocycles. The molecule has 7 nitrogen and oxygen atoms in total. The van der Waals surface area contributed by atoms with Gasteiger partial charge in [-0.1, -0.05) is 12.1 Å². The van der Waals surface area contributed by atoms with Crippen LogP contribution in [-0.2, 0) is 9.53 Å². The second kappa shape index (κ2) is 8.78. The summed E-state index contributed by atoms with van der Waals surface area (Å²) < 4.78 is 4.97. The number of hydrogen-bond donors (Lipinski definition) is 3. The first-order chi connectivity index (χ1) is 10.5. The van der Waals surface area contributed by atoms with Gasteiger partial charge in [-0.3, -0.25) is 4.79 Å². The van der Waals surface area contributed by atoms with Crippen molar-refractivity contribution in [2.24, 2.45) is 5.92 Å². The Morgan fingerprint density at radius 2 is 1.68 bits per heavy atom. The number of ether oxygens (including phenoxy) is 1. The molecule has 0 saturated heterocycles. The van der Waals surface area contributed by atoms with Crippen molar-refractivity contribution in [2.45, 2.75) is 19.3 Å². The number of benzene rings is 1. The number of hydrogen-bond acceptors (Lipinski definition) is 5. The van der Waals surface area contributed by atoms with Gasteiger partial charge in [0.05, 0.1) is 23.7 Å². The third kappa shape index (κ3) is 5.17. The Labute approximate surface area is 127 Å². The Morgan fingerprint density at radius 3 is 2.23 bits per heavy atom. The van der Waals surface area contributed by atoms with E-state index in [-0.39, 0.29) is 37.2 Å². The zero-order chi connectivity index (χ0) is 16.5. The molecule has 0 saturated carbocycles. The highest BCUT2D eigenvalue weighted by atomic mass is 16.5. The quantitative estimate of drug-likeness (QED) is 0.465. The van der Waals surface area contributed by atoms with Gasteiger partial charge >= 0.3 is 17.9 Å². The first-order valence-corrected chi connectivity index (χ1v) is 6.80. The lowest BCUT2D eigenvalue weighted by Gasteiger charge is -2.11. The Bertz CT molecular complexity index is 538. The molecule has 0 amide bonds. The Morgan fingerprint density at radius 1 is 1.05 bits per heavy atom. The molecule has 1 aromatic rings. The Balaban J connectivity index is 2.50.